The second-order valence-corrected chi connectivity index (χ2v) is 4.67. The first-order valence-corrected chi connectivity index (χ1v) is 4.92. The maximum Gasteiger partial charge on any atom is 0.123 e. The highest BCUT2D eigenvalue weighted by molar-refractivity contribution is 5.47. The van der Waals surface area contributed by atoms with Crippen LogP contribution in [0.5, 0.6) is 0 Å². The molecular weight excluding hydrogens is 164 g/mol. The summed E-state index contributed by atoms with van der Waals surface area (Å²) >= 11 is 0. The summed E-state index contributed by atoms with van der Waals surface area (Å²) in [6, 6.07) is 0. The first kappa shape index (κ1) is 6.80. The van der Waals surface area contributed by atoms with E-state index in [-0.39, 0.29) is 11.0 Å². The molecule has 1 unspecified atom stereocenters. The Morgan fingerprint density at radius 3 is 3.15 bits per heavy atom. The minimum absolute atomic E-state index is 0.0822. The summed E-state index contributed by atoms with van der Waals surface area (Å²) in [5.41, 5.74) is 1.62. The van der Waals surface area contributed by atoms with Gasteiger partial charge in [0.2, 0.25) is 0 Å². The van der Waals surface area contributed by atoms with E-state index in [9.17, 15) is 0 Å². The number of hydrogen-bond acceptors (Lipinski definition) is 2. The Labute approximate surface area is 77.2 Å². The number of fused-ring (bicyclic) bond motifs is 2. The molecule has 3 heterocycles. The van der Waals surface area contributed by atoms with Gasteiger partial charge >= 0.3 is 0 Å². The molecule has 0 aromatic heterocycles. The lowest BCUT2D eigenvalue weighted by Gasteiger charge is -2.46. The Bertz CT molecular complexity index is 357. The zero-order chi connectivity index (χ0) is 8.68. The van der Waals surface area contributed by atoms with Crippen molar-refractivity contribution in [2.24, 2.45) is 11.3 Å². The lowest BCUT2D eigenvalue weighted by molar-refractivity contribution is -0.00147. The number of ether oxygens (including phenoxy) is 2. The fourth-order valence-electron chi connectivity index (χ4n) is 3.64. The van der Waals surface area contributed by atoms with Gasteiger partial charge in [0.1, 0.15) is 5.60 Å². The first-order chi connectivity index (χ1) is 6.29. The fraction of sp³-hybridized carbons (Fsp3) is 0.636. The Kier molecular flexibility index (Phi) is 0.858. The van der Waals surface area contributed by atoms with Crippen molar-refractivity contribution < 1.29 is 9.47 Å². The Hall–Kier alpha value is -0.600. The van der Waals surface area contributed by atoms with Crippen molar-refractivity contribution in [2.45, 2.75) is 18.6 Å². The van der Waals surface area contributed by atoms with Gasteiger partial charge in [0.25, 0.3) is 0 Å². The predicted molar refractivity (Wildman–Crippen MR) is 47.2 cm³/mol. The van der Waals surface area contributed by atoms with Crippen LogP contribution in [0.25, 0.3) is 0 Å². The molecule has 0 aromatic rings. The van der Waals surface area contributed by atoms with Crippen LogP contribution >= 0.6 is 0 Å². The van der Waals surface area contributed by atoms with Crippen LogP contribution in [0, 0.1) is 11.3 Å². The summed E-state index contributed by atoms with van der Waals surface area (Å²) < 4.78 is 11.7. The van der Waals surface area contributed by atoms with Crippen molar-refractivity contribution in [1.82, 2.24) is 0 Å². The van der Waals surface area contributed by atoms with Gasteiger partial charge in [-0.15, -0.1) is 0 Å². The highest BCUT2D eigenvalue weighted by Gasteiger charge is 2.73. The van der Waals surface area contributed by atoms with Crippen molar-refractivity contribution in [2.75, 3.05) is 13.2 Å². The van der Waals surface area contributed by atoms with Crippen LogP contribution in [0.15, 0.2) is 23.8 Å². The average Bonchev–Trinajstić information content (AvgIpc) is 2.72. The summed E-state index contributed by atoms with van der Waals surface area (Å²) in [6.07, 6.45) is 7.13. The maximum atomic E-state index is 6.04. The van der Waals surface area contributed by atoms with E-state index in [0.717, 1.165) is 13.2 Å². The molecule has 0 N–H and O–H groups in total. The monoisotopic (exact) mass is 176 g/mol. The minimum Gasteiger partial charge on any atom is -0.377 e. The lowest BCUT2D eigenvalue weighted by Crippen LogP contribution is -2.51. The van der Waals surface area contributed by atoms with E-state index < -0.39 is 0 Å². The molecule has 3 aliphatic heterocycles. The molecular formula is C11H12O2. The molecule has 2 saturated heterocycles. The van der Waals surface area contributed by atoms with Crippen LogP contribution in [-0.2, 0) is 9.47 Å². The Morgan fingerprint density at radius 2 is 2.38 bits per heavy atom. The van der Waals surface area contributed by atoms with Gasteiger partial charge in [-0.25, -0.2) is 0 Å². The van der Waals surface area contributed by atoms with Gasteiger partial charge < -0.3 is 9.47 Å². The van der Waals surface area contributed by atoms with Crippen molar-refractivity contribution >= 4 is 0 Å². The quantitative estimate of drug-likeness (QED) is 0.518. The summed E-state index contributed by atoms with van der Waals surface area (Å²) in [6.45, 7) is 3.83. The zero-order valence-corrected chi connectivity index (χ0v) is 7.62. The van der Waals surface area contributed by atoms with Gasteiger partial charge in [0.15, 0.2) is 0 Å². The normalized spacial score (nSPS) is 60.2. The highest BCUT2D eigenvalue weighted by Crippen LogP contribution is 2.67. The molecule has 13 heavy (non-hydrogen) atoms. The van der Waals surface area contributed by atoms with E-state index in [1.807, 2.05) is 0 Å². The number of rotatable bonds is 0. The SMILES string of the molecule is CC1=C[C@@H]2[C@@H]3C=C[C@@]4(COCC124)O3. The zero-order valence-electron chi connectivity index (χ0n) is 7.62. The average molecular weight is 176 g/mol. The van der Waals surface area contributed by atoms with Crippen molar-refractivity contribution in [1.29, 1.82) is 0 Å². The van der Waals surface area contributed by atoms with Gasteiger partial charge in [-0.2, -0.15) is 0 Å². The van der Waals surface area contributed by atoms with E-state index >= 15 is 0 Å². The van der Waals surface area contributed by atoms with Crippen LogP contribution in [0.2, 0.25) is 0 Å². The molecule has 2 heteroatoms. The van der Waals surface area contributed by atoms with Gasteiger partial charge in [0, 0.05) is 5.92 Å². The van der Waals surface area contributed by atoms with E-state index in [1.165, 1.54) is 5.57 Å². The summed E-state index contributed by atoms with van der Waals surface area (Å²) in [5, 5.41) is 0. The third-order valence-electron chi connectivity index (χ3n) is 4.36. The van der Waals surface area contributed by atoms with Crippen LogP contribution in [0.3, 0.4) is 0 Å². The third kappa shape index (κ3) is 0.448. The molecule has 4 rings (SSSR count). The van der Waals surface area contributed by atoms with Crippen molar-refractivity contribution in [3.8, 4) is 0 Å². The van der Waals surface area contributed by atoms with Crippen molar-refractivity contribution in [3.63, 3.8) is 0 Å². The largest absolute Gasteiger partial charge is 0.377 e. The Balaban J connectivity index is 2.00. The molecule has 0 amide bonds. The van der Waals surface area contributed by atoms with Crippen molar-refractivity contribution in [3.05, 3.63) is 23.8 Å². The standard InChI is InChI=1S/C11H12O2/c1-7-4-8-9-2-3-10(13-9)5-12-6-11(7,8)10/h2-4,8-9H,5-6H2,1H3/t8-,9+,10+,11?/m1/s1. The molecule has 0 saturated carbocycles. The molecule has 1 aliphatic carbocycles. The second kappa shape index (κ2) is 1.64. The molecule has 68 valence electrons. The van der Waals surface area contributed by atoms with Crippen LogP contribution in [0.4, 0.5) is 0 Å². The molecule has 2 spiro atoms. The molecule has 0 radical (unpaired) electrons. The fourth-order valence-corrected chi connectivity index (χ4v) is 3.64. The van der Waals surface area contributed by atoms with Gasteiger partial charge in [-0.3, -0.25) is 0 Å². The van der Waals surface area contributed by atoms with Crippen LogP contribution < -0.4 is 0 Å². The van der Waals surface area contributed by atoms with E-state index in [1.54, 1.807) is 0 Å². The third-order valence-corrected chi connectivity index (χ3v) is 4.36. The minimum atomic E-state index is -0.0822. The van der Waals surface area contributed by atoms with Gasteiger partial charge in [-0.05, 0) is 6.92 Å². The van der Waals surface area contributed by atoms with Crippen LogP contribution in [-0.4, -0.2) is 24.9 Å². The molecule has 0 aromatic carbocycles. The molecule has 2 bridgehead atoms. The predicted octanol–water partition coefficient (Wildman–Crippen LogP) is 1.29. The molecule has 4 atom stereocenters. The number of hydrogen-bond donors (Lipinski definition) is 0. The van der Waals surface area contributed by atoms with E-state index in [2.05, 4.69) is 25.2 Å². The summed E-state index contributed by atoms with van der Waals surface area (Å²) in [5.74, 6) is 0.597. The molecule has 4 aliphatic rings. The molecule has 2 fully saturated rings. The van der Waals surface area contributed by atoms with Gasteiger partial charge in [0.05, 0.1) is 24.7 Å². The smallest absolute Gasteiger partial charge is 0.123 e. The van der Waals surface area contributed by atoms with E-state index in [4.69, 9.17) is 9.47 Å². The lowest BCUT2D eigenvalue weighted by atomic mass is 9.53. The second-order valence-electron chi connectivity index (χ2n) is 4.67. The molecule has 2 nitrogen and oxygen atoms in total. The first-order valence-electron chi connectivity index (χ1n) is 4.92. The topological polar surface area (TPSA) is 18.5 Å². The van der Waals surface area contributed by atoms with E-state index in [0.29, 0.717) is 12.0 Å². The highest BCUT2D eigenvalue weighted by atomic mass is 16.6. The van der Waals surface area contributed by atoms with Gasteiger partial charge in [-0.1, -0.05) is 23.8 Å². The summed E-state index contributed by atoms with van der Waals surface area (Å²) in [7, 11) is 0. The Morgan fingerprint density at radius 1 is 1.46 bits per heavy atom. The maximum absolute atomic E-state index is 6.04. The van der Waals surface area contributed by atoms with Crippen LogP contribution in [0.1, 0.15) is 6.92 Å². The summed E-state index contributed by atoms with van der Waals surface area (Å²) in [4.78, 5) is 0.